The van der Waals surface area contributed by atoms with Gasteiger partial charge in [-0.25, -0.2) is 4.79 Å². The standard InChI is InChI=1S/C13H10ClNO3/c1-18-13(17)8-5-6-10(14)9(7-8)11-3-2-4-12(16)15-11/h2-7H,1H3,(H,15,16). The quantitative estimate of drug-likeness (QED) is 0.847. The summed E-state index contributed by atoms with van der Waals surface area (Å²) in [5, 5.41) is 0.449. The molecule has 0 unspecified atom stereocenters. The number of halogens is 1. The molecule has 1 aromatic carbocycles. The first kappa shape index (κ1) is 12.4. The Bertz CT molecular complexity index is 649. The number of pyridine rings is 1. The second kappa shape index (κ2) is 5.06. The van der Waals surface area contributed by atoms with Gasteiger partial charge in [0.1, 0.15) is 0 Å². The minimum absolute atomic E-state index is 0.230. The van der Waals surface area contributed by atoms with Crippen molar-refractivity contribution in [2.45, 2.75) is 0 Å². The molecule has 0 saturated heterocycles. The maximum Gasteiger partial charge on any atom is 0.337 e. The third kappa shape index (κ3) is 2.43. The minimum atomic E-state index is -0.453. The van der Waals surface area contributed by atoms with E-state index in [-0.39, 0.29) is 5.56 Å². The number of rotatable bonds is 2. The van der Waals surface area contributed by atoms with E-state index >= 15 is 0 Å². The molecule has 0 saturated carbocycles. The second-order valence-electron chi connectivity index (χ2n) is 3.61. The monoisotopic (exact) mass is 263 g/mol. The van der Waals surface area contributed by atoms with E-state index in [1.165, 1.54) is 13.2 Å². The number of benzene rings is 1. The molecular weight excluding hydrogens is 254 g/mol. The average Bonchev–Trinajstić information content (AvgIpc) is 2.38. The van der Waals surface area contributed by atoms with Crippen LogP contribution in [0, 0.1) is 0 Å². The van der Waals surface area contributed by atoms with Gasteiger partial charge in [-0.3, -0.25) is 4.79 Å². The van der Waals surface area contributed by atoms with Crippen molar-refractivity contribution in [3.05, 3.63) is 57.3 Å². The van der Waals surface area contributed by atoms with E-state index in [0.717, 1.165) is 0 Å². The normalized spacial score (nSPS) is 10.1. The van der Waals surface area contributed by atoms with Gasteiger partial charge in [-0.05, 0) is 24.3 Å². The predicted molar refractivity (Wildman–Crippen MR) is 68.8 cm³/mol. The van der Waals surface area contributed by atoms with Crippen molar-refractivity contribution in [3.63, 3.8) is 0 Å². The number of aromatic amines is 1. The zero-order valence-corrected chi connectivity index (χ0v) is 10.3. The van der Waals surface area contributed by atoms with Crippen LogP contribution in [0.4, 0.5) is 0 Å². The zero-order chi connectivity index (χ0) is 13.1. The molecule has 0 aliphatic heterocycles. The highest BCUT2D eigenvalue weighted by molar-refractivity contribution is 6.33. The lowest BCUT2D eigenvalue weighted by molar-refractivity contribution is 0.0601. The summed E-state index contributed by atoms with van der Waals surface area (Å²) in [6.45, 7) is 0. The Hall–Kier alpha value is -2.07. The molecule has 0 bridgehead atoms. The van der Waals surface area contributed by atoms with Crippen LogP contribution in [-0.4, -0.2) is 18.1 Å². The van der Waals surface area contributed by atoms with Gasteiger partial charge < -0.3 is 9.72 Å². The fraction of sp³-hybridized carbons (Fsp3) is 0.0769. The Kier molecular flexibility index (Phi) is 3.48. The summed E-state index contributed by atoms with van der Waals surface area (Å²) < 4.78 is 4.64. The Balaban J connectivity index is 2.56. The maximum absolute atomic E-state index is 11.4. The third-order valence-corrected chi connectivity index (χ3v) is 2.78. The molecule has 0 aliphatic carbocycles. The molecule has 2 aromatic rings. The number of methoxy groups -OCH3 is 1. The highest BCUT2D eigenvalue weighted by atomic mass is 35.5. The smallest absolute Gasteiger partial charge is 0.337 e. The highest BCUT2D eigenvalue weighted by Gasteiger charge is 2.10. The summed E-state index contributed by atoms with van der Waals surface area (Å²) in [4.78, 5) is 25.4. The van der Waals surface area contributed by atoms with Crippen molar-refractivity contribution in [2.75, 3.05) is 7.11 Å². The van der Waals surface area contributed by atoms with Gasteiger partial charge in [-0.1, -0.05) is 17.7 Å². The van der Waals surface area contributed by atoms with Crippen LogP contribution in [0.2, 0.25) is 5.02 Å². The number of hydrogen-bond acceptors (Lipinski definition) is 3. The number of esters is 1. The third-order valence-electron chi connectivity index (χ3n) is 2.45. The summed E-state index contributed by atoms with van der Waals surface area (Å²) in [6.07, 6.45) is 0. The van der Waals surface area contributed by atoms with Crippen molar-refractivity contribution in [3.8, 4) is 11.3 Å². The predicted octanol–water partition coefficient (Wildman–Crippen LogP) is 2.48. The number of carbonyl (C=O) groups excluding carboxylic acids is 1. The van der Waals surface area contributed by atoms with Gasteiger partial charge in [0, 0.05) is 22.3 Å². The molecule has 4 nitrogen and oxygen atoms in total. The number of aromatic nitrogens is 1. The van der Waals surface area contributed by atoms with Crippen LogP contribution in [0.5, 0.6) is 0 Å². The molecule has 0 aliphatic rings. The highest BCUT2D eigenvalue weighted by Crippen LogP contribution is 2.26. The van der Waals surface area contributed by atoms with Crippen molar-refractivity contribution < 1.29 is 9.53 Å². The van der Waals surface area contributed by atoms with E-state index in [9.17, 15) is 9.59 Å². The van der Waals surface area contributed by atoms with Crippen LogP contribution >= 0.6 is 11.6 Å². The first-order valence-electron chi connectivity index (χ1n) is 5.19. The SMILES string of the molecule is COC(=O)c1ccc(Cl)c(-c2cccc(=O)[nH]2)c1. The molecule has 1 N–H and O–H groups in total. The van der Waals surface area contributed by atoms with Crippen molar-refractivity contribution in [1.82, 2.24) is 4.98 Å². The van der Waals surface area contributed by atoms with E-state index in [1.807, 2.05) is 0 Å². The second-order valence-corrected chi connectivity index (χ2v) is 4.02. The van der Waals surface area contributed by atoms with Gasteiger partial charge in [0.2, 0.25) is 5.56 Å². The lowest BCUT2D eigenvalue weighted by Crippen LogP contribution is -2.05. The molecule has 0 amide bonds. The van der Waals surface area contributed by atoms with Crippen LogP contribution in [-0.2, 0) is 4.74 Å². The number of hydrogen-bond donors (Lipinski definition) is 1. The summed E-state index contributed by atoms with van der Waals surface area (Å²) >= 11 is 6.06. The minimum Gasteiger partial charge on any atom is -0.465 e. The van der Waals surface area contributed by atoms with Crippen LogP contribution in [0.15, 0.2) is 41.2 Å². The fourth-order valence-corrected chi connectivity index (χ4v) is 1.80. The Labute approximate surface area is 108 Å². The van der Waals surface area contributed by atoms with E-state index in [2.05, 4.69) is 9.72 Å². The summed E-state index contributed by atoms with van der Waals surface area (Å²) in [7, 11) is 1.31. The van der Waals surface area contributed by atoms with Crippen molar-refractivity contribution >= 4 is 17.6 Å². The van der Waals surface area contributed by atoms with Gasteiger partial charge in [-0.15, -0.1) is 0 Å². The number of H-pyrrole nitrogens is 1. The van der Waals surface area contributed by atoms with Crippen molar-refractivity contribution in [1.29, 1.82) is 0 Å². The molecule has 0 atom stereocenters. The molecular formula is C13H10ClNO3. The largest absolute Gasteiger partial charge is 0.465 e. The molecule has 92 valence electrons. The van der Waals surface area contributed by atoms with Gasteiger partial charge in [-0.2, -0.15) is 0 Å². The first-order valence-corrected chi connectivity index (χ1v) is 5.57. The molecule has 2 rings (SSSR count). The van der Waals surface area contributed by atoms with Gasteiger partial charge in [0.05, 0.1) is 12.7 Å². The van der Waals surface area contributed by atoms with E-state index in [1.54, 1.807) is 30.3 Å². The zero-order valence-electron chi connectivity index (χ0n) is 9.57. The van der Waals surface area contributed by atoms with Crippen LogP contribution in [0.1, 0.15) is 10.4 Å². The Morgan fingerprint density at radius 2 is 2.06 bits per heavy atom. The molecule has 1 heterocycles. The lowest BCUT2D eigenvalue weighted by Gasteiger charge is -2.06. The van der Waals surface area contributed by atoms with E-state index in [0.29, 0.717) is 21.8 Å². The molecule has 0 spiro atoms. The summed E-state index contributed by atoms with van der Waals surface area (Å²) in [5.41, 5.74) is 1.28. The Morgan fingerprint density at radius 1 is 1.28 bits per heavy atom. The van der Waals surface area contributed by atoms with Crippen LogP contribution in [0.25, 0.3) is 11.3 Å². The fourth-order valence-electron chi connectivity index (χ4n) is 1.58. The van der Waals surface area contributed by atoms with E-state index < -0.39 is 5.97 Å². The molecule has 0 fully saturated rings. The molecule has 5 heteroatoms. The van der Waals surface area contributed by atoms with Crippen molar-refractivity contribution in [2.24, 2.45) is 0 Å². The summed E-state index contributed by atoms with van der Waals surface area (Å²) in [6, 6.07) is 9.48. The number of ether oxygens (including phenoxy) is 1. The maximum atomic E-state index is 11.4. The first-order chi connectivity index (χ1) is 8.61. The molecule has 1 aromatic heterocycles. The van der Waals surface area contributed by atoms with Crippen LogP contribution in [0.3, 0.4) is 0 Å². The lowest BCUT2D eigenvalue weighted by atomic mass is 10.1. The molecule has 18 heavy (non-hydrogen) atoms. The Morgan fingerprint density at radius 3 is 2.72 bits per heavy atom. The number of carbonyl (C=O) groups is 1. The summed E-state index contributed by atoms with van der Waals surface area (Å²) in [5.74, 6) is -0.453. The van der Waals surface area contributed by atoms with Crippen LogP contribution < -0.4 is 5.56 Å². The average molecular weight is 264 g/mol. The van der Waals surface area contributed by atoms with Gasteiger partial charge >= 0.3 is 5.97 Å². The van der Waals surface area contributed by atoms with Gasteiger partial charge in [0.25, 0.3) is 0 Å². The topological polar surface area (TPSA) is 59.2 Å². The van der Waals surface area contributed by atoms with E-state index in [4.69, 9.17) is 11.6 Å². The molecule has 0 radical (unpaired) electrons. The van der Waals surface area contributed by atoms with Gasteiger partial charge in [0.15, 0.2) is 0 Å². The number of nitrogens with one attached hydrogen (secondary N) is 1.